The van der Waals surface area contributed by atoms with Crippen molar-refractivity contribution in [2.75, 3.05) is 19.0 Å². The Morgan fingerprint density at radius 3 is 2.50 bits per heavy atom. The lowest BCUT2D eigenvalue weighted by Gasteiger charge is -2.08. The highest BCUT2D eigenvalue weighted by Gasteiger charge is 2.18. The average molecular weight is 259 g/mol. The van der Waals surface area contributed by atoms with E-state index in [4.69, 9.17) is 0 Å². The first-order chi connectivity index (χ1) is 8.49. The number of benzene rings is 1. The van der Waals surface area contributed by atoms with E-state index in [9.17, 15) is 18.4 Å². The molecular weight excluding hydrogens is 248 g/mol. The van der Waals surface area contributed by atoms with Crippen molar-refractivity contribution in [2.45, 2.75) is 6.92 Å². The summed E-state index contributed by atoms with van der Waals surface area (Å²) in [5.74, 6) is -4.45. The van der Waals surface area contributed by atoms with Gasteiger partial charge >= 0.3 is 11.9 Å². The largest absolute Gasteiger partial charge is 0.494 e. The van der Waals surface area contributed by atoms with Gasteiger partial charge < -0.3 is 14.8 Å². The third kappa shape index (κ3) is 3.16. The number of hydrogen-bond donors (Lipinski definition) is 1. The summed E-state index contributed by atoms with van der Waals surface area (Å²) in [7, 11) is 1.18. The fourth-order valence-electron chi connectivity index (χ4n) is 1.15. The van der Waals surface area contributed by atoms with Crippen LogP contribution in [0.25, 0.3) is 0 Å². The van der Waals surface area contributed by atoms with E-state index in [0.29, 0.717) is 6.07 Å². The van der Waals surface area contributed by atoms with Crippen molar-refractivity contribution in [2.24, 2.45) is 0 Å². The summed E-state index contributed by atoms with van der Waals surface area (Å²) in [5.41, 5.74) is -0.466. The number of carbonyl (C=O) groups is 2. The zero-order valence-corrected chi connectivity index (χ0v) is 9.75. The standard InChI is InChI=1S/C11H11F2NO4/c1-3-18-11(16)10(15)14-8-4-7(13)9(17-2)5-6(8)12/h4-5H,3H2,1-2H3,(H,14,15). The Bertz CT molecular complexity index is 476. The van der Waals surface area contributed by atoms with Gasteiger partial charge in [-0.1, -0.05) is 0 Å². The van der Waals surface area contributed by atoms with Crippen molar-refractivity contribution in [3.63, 3.8) is 0 Å². The topological polar surface area (TPSA) is 64.6 Å². The van der Waals surface area contributed by atoms with Crippen LogP contribution in [0.4, 0.5) is 14.5 Å². The van der Waals surface area contributed by atoms with E-state index in [1.165, 1.54) is 14.0 Å². The molecule has 0 saturated heterocycles. The molecule has 0 aliphatic rings. The van der Waals surface area contributed by atoms with Gasteiger partial charge in [-0.2, -0.15) is 0 Å². The second kappa shape index (κ2) is 5.95. The van der Waals surface area contributed by atoms with Crippen molar-refractivity contribution < 1.29 is 27.8 Å². The smallest absolute Gasteiger partial charge is 0.397 e. The normalized spacial score (nSPS) is 9.78. The van der Waals surface area contributed by atoms with Crippen molar-refractivity contribution >= 4 is 17.6 Å². The summed E-state index contributed by atoms with van der Waals surface area (Å²) in [4.78, 5) is 22.2. The fraction of sp³-hybridized carbons (Fsp3) is 0.273. The van der Waals surface area contributed by atoms with Crippen LogP contribution in [0, 0.1) is 11.6 Å². The maximum Gasteiger partial charge on any atom is 0.397 e. The van der Waals surface area contributed by atoms with E-state index >= 15 is 0 Å². The number of rotatable bonds is 3. The zero-order chi connectivity index (χ0) is 13.7. The highest BCUT2D eigenvalue weighted by atomic mass is 19.1. The van der Waals surface area contributed by atoms with Gasteiger partial charge in [-0.3, -0.25) is 4.79 Å². The molecule has 1 rings (SSSR count). The molecule has 0 aliphatic carbocycles. The van der Waals surface area contributed by atoms with Gasteiger partial charge in [-0.15, -0.1) is 0 Å². The predicted molar refractivity (Wildman–Crippen MR) is 58.2 cm³/mol. The summed E-state index contributed by atoms with van der Waals surface area (Å²) in [6.45, 7) is 1.52. The van der Waals surface area contributed by atoms with Crippen LogP contribution in [-0.2, 0) is 14.3 Å². The number of nitrogens with one attached hydrogen (secondary N) is 1. The molecule has 0 saturated carbocycles. The fourth-order valence-corrected chi connectivity index (χ4v) is 1.15. The van der Waals surface area contributed by atoms with Crippen LogP contribution in [0.5, 0.6) is 5.75 Å². The second-order valence-corrected chi connectivity index (χ2v) is 3.14. The summed E-state index contributed by atoms with van der Waals surface area (Å²) in [6.07, 6.45) is 0. The second-order valence-electron chi connectivity index (χ2n) is 3.14. The van der Waals surface area contributed by atoms with Crippen LogP contribution in [0.2, 0.25) is 0 Å². The molecule has 1 amide bonds. The number of ether oxygens (including phenoxy) is 2. The molecule has 0 atom stereocenters. The summed E-state index contributed by atoms with van der Waals surface area (Å²) >= 11 is 0. The Labute approximate surface area is 102 Å². The van der Waals surface area contributed by atoms with E-state index in [-0.39, 0.29) is 12.4 Å². The lowest BCUT2D eigenvalue weighted by Crippen LogP contribution is -2.25. The Hall–Kier alpha value is -2.18. The molecule has 1 N–H and O–H groups in total. The van der Waals surface area contributed by atoms with Crippen LogP contribution < -0.4 is 10.1 Å². The third-order valence-electron chi connectivity index (χ3n) is 1.95. The number of methoxy groups -OCH3 is 1. The SMILES string of the molecule is CCOC(=O)C(=O)Nc1cc(F)c(OC)cc1F. The average Bonchev–Trinajstić information content (AvgIpc) is 2.33. The number of hydrogen-bond acceptors (Lipinski definition) is 4. The van der Waals surface area contributed by atoms with Gasteiger partial charge in [0.05, 0.1) is 19.4 Å². The third-order valence-corrected chi connectivity index (χ3v) is 1.95. The molecule has 1 aromatic carbocycles. The van der Waals surface area contributed by atoms with Gasteiger partial charge in [-0.25, -0.2) is 13.6 Å². The van der Waals surface area contributed by atoms with E-state index < -0.39 is 29.2 Å². The first-order valence-corrected chi connectivity index (χ1v) is 5.00. The lowest BCUT2D eigenvalue weighted by atomic mass is 10.2. The summed E-state index contributed by atoms with van der Waals surface area (Å²) < 4.78 is 35.6. The molecule has 7 heteroatoms. The van der Waals surface area contributed by atoms with Crippen LogP contribution in [0.15, 0.2) is 12.1 Å². The molecule has 98 valence electrons. The first kappa shape index (κ1) is 13.9. The zero-order valence-electron chi connectivity index (χ0n) is 9.75. The van der Waals surface area contributed by atoms with Gasteiger partial charge in [0.15, 0.2) is 17.4 Å². The maximum absolute atomic E-state index is 13.4. The van der Waals surface area contributed by atoms with Gasteiger partial charge in [0.1, 0.15) is 0 Å². The summed E-state index contributed by atoms with van der Waals surface area (Å²) in [6, 6.07) is 1.47. The minimum Gasteiger partial charge on any atom is -0.494 e. The summed E-state index contributed by atoms with van der Waals surface area (Å²) in [5, 5.41) is 1.90. The number of amides is 1. The van der Waals surface area contributed by atoms with Crippen molar-refractivity contribution in [3.8, 4) is 5.75 Å². The lowest BCUT2D eigenvalue weighted by molar-refractivity contribution is -0.152. The van der Waals surface area contributed by atoms with Crippen molar-refractivity contribution in [3.05, 3.63) is 23.8 Å². The monoisotopic (exact) mass is 259 g/mol. The Balaban J connectivity index is 2.88. The number of esters is 1. The molecule has 0 aromatic heterocycles. The maximum atomic E-state index is 13.4. The predicted octanol–water partition coefficient (Wildman–Crippen LogP) is 1.48. The molecule has 0 radical (unpaired) electrons. The molecule has 0 unspecified atom stereocenters. The number of anilines is 1. The molecule has 1 aromatic rings. The van der Waals surface area contributed by atoms with Crippen LogP contribution in [-0.4, -0.2) is 25.6 Å². The Kier molecular flexibility index (Phi) is 4.59. The number of carbonyl (C=O) groups excluding carboxylic acids is 2. The number of halogens is 2. The quantitative estimate of drug-likeness (QED) is 0.659. The van der Waals surface area contributed by atoms with E-state index in [1.54, 1.807) is 0 Å². The molecule has 0 bridgehead atoms. The van der Waals surface area contributed by atoms with Crippen molar-refractivity contribution in [1.29, 1.82) is 0 Å². The highest BCUT2D eigenvalue weighted by molar-refractivity contribution is 6.37. The van der Waals surface area contributed by atoms with Crippen LogP contribution in [0.3, 0.4) is 0 Å². The molecular formula is C11H11F2NO4. The minimum absolute atomic E-state index is 0.00566. The van der Waals surface area contributed by atoms with Gasteiger partial charge in [0.2, 0.25) is 0 Å². The van der Waals surface area contributed by atoms with E-state index in [0.717, 1.165) is 6.07 Å². The molecule has 5 nitrogen and oxygen atoms in total. The molecule has 0 heterocycles. The van der Waals surface area contributed by atoms with Crippen LogP contribution >= 0.6 is 0 Å². The van der Waals surface area contributed by atoms with E-state index in [2.05, 4.69) is 9.47 Å². The van der Waals surface area contributed by atoms with Crippen LogP contribution in [0.1, 0.15) is 6.92 Å². The molecule has 0 aliphatic heterocycles. The van der Waals surface area contributed by atoms with Crippen molar-refractivity contribution in [1.82, 2.24) is 0 Å². The van der Waals surface area contributed by atoms with Gasteiger partial charge in [0.25, 0.3) is 0 Å². The minimum atomic E-state index is -1.18. The molecule has 0 spiro atoms. The Morgan fingerprint density at radius 1 is 1.28 bits per heavy atom. The molecule has 18 heavy (non-hydrogen) atoms. The highest BCUT2D eigenvalue weighted by Crippen LogP contribution is 2.24. The Morgan fingerprint density at radius 2 is 1.94 bits per heavy atom. The first-order valence-electron chi connectivity index (χ1n) is 5.00. The van der Waals surface area contributed by atoms with Gasteiger partial charge in [-0.05, 0) is 6.92 Å². The van der Waals surface area contributed by atoms with E-state index in [1.807, 2.05) is 5.32 Å². The van der Waals surface area contributed by atoms with Gasteiger partial charge in [0, 0.05) is 12.1 Å². The molecule has 0 fully saturated rings.